The minimum atomic E-state index is -0.0111. The molecule has 1 aliphatic heterocycles. The Morgan fingerprint density at radius 2 is 2.23 bits per heavy atom. The molecule has 0 N–H and O–H groups in total. The Bertz CT molecular complexity index is 483. The third-order valence-electron chi connectivity index (χ3n) is 3.92. The summed E-state index contributed by atoms with van der Waals surface area (Å²) in [5, 5.41) is 0.684. The highest BCUT2D eigenvalue weighted by atomic mass is 32.2. The molecule has 1 fully saturated rings. The second kappa shape index (κ2) is 8.45. The van der Waals surface area contributed by atoms with Gasteiger partial charge in [0.25, 0.3) is 5.91 Å². The van der Waals surface area contributed by atoms with Crippen LogP contribution in [-0.2, 0) is 4.74 Å². The van der Waals surface area contributed by atoms with Crippen LogP contribution >= 0.6 is 11.8 Å². The minimum Gasteiger partial charge on any atom is -0.383 e. The van der Waals surface area contributed by atoms with Crippen LogP contribution in [0.4, 0.5) is 0 Å². The second-order valence-electron chi connectivity index (χ2n) is 5.59. The molecule has 0 unspecified atom stereocenters. The van der Waals surface area contributed by atoms with Gasteiger partial charge in [0.15, 0.2) is 5.16 Å². The van der Waals surface area contributed by atoms with Gasteiger partial charge in [-0.2, -0.15) is 0 Å². The van der Waals surface area contributed by atoms with E-state index in [-0.39, 0.29) is 5.91 Å². The highest BCUT2D eigenvalue weighted by molar-refractivity contribution is 7.98. The number of thioether (sulfide) groups is 1. The van der Waals surface area contributed by atoms with Crippen LogP contribution in [-0.4, -0.2) is 78.9 Å². The van der Waals surface area contributed by atoms with Crippen LogP contribution in [0.2, 0.25) is 0 Å². The molecule has 1 aromatic rings. The third-order valence-corrected chi connectivity index (χ3v) is 4.49. The van der Waals surface area contributed by atoms with Gasteiger partial charge in [-0.15, -0.1) is 0 Å². The molecule has 2 heterocycles. The zero-order valence-corrected chi connectivity index (χ0v) is 14.3. The molecule has 22 heavy (non-hydrogen) atoms. The molecule has 1 aromatic heterocycles. The maximum Gasteiger partial charge on any atom is 0.256 e. The Morgan fingerprint density at radius 1 is 1.50 bits per heavy atom. The van der Waals surface area contributed by atoms with Crippen molar-refractivity contribution in [2.75, 3.05) is 53.2 Å². The topological polar surface area (TPSA) is 58.6 Å². The van der Waals surface area contributed by atoms with E-state index in [1.54, 1.807) is 24.4 Å². The maximum atomic E-state index is 12.4. The molecule has 2 rings (SSSR count). The third kappa shape index (κ3) is 4.66. The number of hydrogen-bond donors (Lipinski definition) is 0. The summed E-state index contributed by atoms with van der Waals surface area (Å²) in [5.41, 5.74) is 0.550. The van der Waals surface area contributed by atoms with Crippen LogP contribution < -0.4 is 0 Å². The number of carbonyl (C=O) groups excluding carboxylic acids is 1. The second-order valence-corrected chi connectivity index (χ2v) is 6.37. The number of amides is 1. The first-order chi connectivity index (χ1) is 10.6. The van der Waals surface area contributed by atoms with Crippen molar-refractivity contribution in [1.29, 1.82) is 0 Å². The van der Waals surface area contributed by atoms with Gasteiger partial charge in [0.1, 0.15) is 0 Å². The predicted molar refractivity (Wildman–Crippen MR) is 87.2 cm³/mol. The van der Waals surface area contributed by atoms with E-state index in [0.29, 0.717) is 16.6 Å². The number of ether oxygens (including phenoxy) is 1. The molecule has 6 nitrogen and oxygen atoms in total. The zero-order chi connectivity index (χ0) is 15.9. The van der Waals surface area contributed by atoms with E-state index in [2.05, 4.69) is 14.9 Å². The van der Waals surface area contributed by atoms with Crippen LogP contribution in [0.1, 0.15) is 16.8 Å². The fourth-order valence-corrected chi connectivity index (χ4v) is 3.02. The van der Waals surface area contributed by atoms with Crippen molar-refractivity contribution in [3.05, 3.63) is 18.0 Å². The first kappa shape index (κ1) is 17.2. The summed E-state index contributed by atoms with van der Waals surface area (Å²) in [6.07, 6.45) is 6.26. The smallest absolute Gasteiger partial charge is 0.256 e. The molecule has 1 saturated heterocycles. The van der Waals surface area contributed by atoms with Crippen molar-refractivity contribution in [2.45, 2.75) is 11.6 Å². The number of hydrogen-bond acceptors (Lipinski definition) is 6. The van der Waals surface area contributed by atoms with Crippen molar-refractivity contribution in [2.24, 2.45) is 5.92 Å². The average Bonchev–Trinajstić information content (AvgIpc) is 2.99. The fourth-order valence-electron chi connectivity index (χ4n) is 2.71. The van der Waals surface area contributed by atoms with Crippen molar-refractivity contribution < 1.29 is 9.53 Å². The largest absolute Gasteiger partial charge is 0.383 e. The summed E-state index contributed by atoms with van der Waals surface area (Å²) in [7, 11) is 3.58. The van der Waals surface area contributed by atoms with Gasteiger partial charge >= 0.3 is 0 Å². The van der Waals surface area contributed by atoms with E-state index in [1.165, 1.54) is 11.8 Å². The maximum absolute atomic E-state index is 12.4. The van der Waals surface area contributed by atoms with Gasteiger partial charge in [0, 0.05) is 46.2 Å². The lowest BCUT2D eigenvalue weighted by molar-refractivity contribution is 0.0771. The molecule has 122 valence electrons. The van der Waals surface area contributed by atoms with Crippen molar-refractivity contribution in [3.8, 4) is 0 Å². The number of likely N-dealkylation sites (tertiary alicyclic amines) is 1. The summed E-state index contributed by atoms with van der Waals surface area (Å²) in [5.74, 6) is 0.514. The molecular formula is C15H24N4O2S. The molecule has 1 atom stereocenters. The summed E-state index contributed by atoms with van der Waals surface area (Å²) in [6.45, 7) is 4.62. The lowest BCUT2D eigenvalue weighted by Crippen LogP contribution is -2.33. The van der Waals surface area contributed by atoms with Crippen LogP contribution in [0.15, 0.2) is 17.6 Å². The Morgan fingerprint density at radius 3 is 2.86 bits per heavy atom. The predicted octanol–water partition coefficient (Wildman–Crippen LogP) is 1.24. The first-order valence-corrected chi connectivity index (χ1v) is 8.69. The molecule has 0 saturated carbocycles. The molecule has 7 heteroatoms. The van der Waals surface area contributed by atoms with E-state index >= 15 is 0 Å². The normalized spacial score (nSPS) is 18.6. The van der Waals surface area contributed by atoms with Crippen LogP contribution in [0.3, 0.4) is 0 Å². The van der Waals surface area contributed by atoms with Gasteiger partial charge in [-0.05, 0) is 25.1 Å². The molecule has 0 bridgehead atoms. The van der Waals surface area contributed by atoms with Crippen molar-refractivity contribution in [3.63, 3.8) is 0 Å². The molecular weight excluding hydrogens is 300 g/mol. The van der Waals surface area contributed by atoms with E-state index < -0.39 is 0 Å². The average molecular weight is 324 g/mol. The van der Waals surface area contributed by atoms with E-state index in [4.69, 9.17) is 4.74 Å². The van der Waals surface area contributed by atoms with Gasteiger partial charge in [-0.3, -0.25) is 4.79 Å². The molecule has 0 aromatic carbocycles. The van der Waals surface area contributed by atoms with Crippen LogP contribution in [0.25, 0.3) is 0 Å². The SMILES string of the molecule is COCCN1CC[C@@H](CN(C)C(=O)c2cnc(SC)nc2)C1. The molecule has 0 radical (unpaired) electrons. The number of methoxy groups -OCH3 is 1. The Hall–Kier alpha value is -1.18. The van der Waals surface area contributed by atoms with Crippen molar-refractivity contribution >= 4 is 17.7 Å². The van der Waals surface area contributed by atoms with Gasteiger partial charge in [0.2, 0.25) is 0 Å². The molecule has 1 amide bonds. The molecule has 0 aliphatic carbocycles. The Kier molecular flexibility index (Phi) is 6.60. The van der Waals surface area contributed by atoms with Gasteiger partial charge in [0.05, 0.1) is 12.2 Å². The van der Waals surface area contributed by atoms with E-state index in [9.17, 15) is 4.79 Å². The zero-order valence-electron chi connectivity index (χ0n) is 13.5. The summed E-state index contributed by atoms with van der Waals surface area (Å²) >= 11 is 1.47. The number of rotatable bonds is 7. The molecule has 1 aliphatic rings. The van der Waals surface area contributed by atoms with E-state index in [0.717, 1.165) is 39.2 Å². The number of carbonyl (C=O) groups is 1. The van der Waals surface area contributed by atoms with Crippen LogP contribution in [0, 0.1) is 5.92 Å². The van der Waals surface area contributed by atoms with Crippen molar-refractivity contribution in [1.82, 2.24) is 19.8 Å². The lowest BCUT2D eigenvalue weighted by atomic mass is 10.1. The van der Waals surface area contributed by atoms with Crippen LogP contribution in [0.5, 0.6) is 0 Å². The summed E-state index contributed by atoms with van der Waals surface area (Å²) in [4.78, 5) is 24.9. The van der Waals surface area contributed by atoms with E-state index in [1.807, 2.05) is 13.3 Å². The highest BCUT2D eigenvalue weighted by Crippen LogP contribution is 2.17. The Labute approximate surface area is 136 Å². The van der Waals surface area contributed by atoms with Gasteiger partial charge in [-0.25, -0.2) is 9.97 Å². The molecule has 0 spiro atoms. The minimum absolute atomic E-state index is 0.0111. The highest BCUT2D eigenvalue weighted by Gasteiger charge is 2.25. The quantitative estimate of drug-likeness (QED) is 0.555. The lowest BCUT2D eigenvalue weighted by Gasteiger charge is -2.21. The van der Waals surface area contributed by atoms with Gasteiger partial charge in [-0.1, -0.05) is 11.8 Å². The van der Waals surface area contributed by atoms with Gasteiger partial charge < -0.3 is 14.5 Å². The Balaban J connectivity index is 1.83. The fraction of sp³-hybridized carbons (Fsp3) is 0.667. The summed E-state index contributed by atoms with van der Waals surface area (Å²) < 4.78 is 5.11. The standard InChI is InChI=1S/C15H24N4O2S/c1-18(10-12-4-5-19(11-12)6-7-21-2)14(20)13-8-16-15(22-3)17-9-13/h8-9,12H,4-7,10-11H2,1-3H3/t12-/m0/s1. The first-order valence-electron chi connectivity index (χ1n) is 7.46. The number of nitrogens with zero attached hydrogens (tertiary/aromatic N) is 4. The monoisotopic (exact) mass is 324 g/mol. The summed E-state index contributed by atoms with van der Waals surface area (Å²) in [6, 6.07) is 0. The number of aromatic nitrogens is 2.